The molecule has 1 aliphatic rings. The molecule has 0 saturated carbocycles. The largest absolute Gasteiger partial charge is 0.490 e. The summed E-state index contributed by atoms with van der Waals surface area (Å²) in [6.07, 6.45) is 3.22. The van der Waals surface area contributed by atoms with E-state index in [1.807, 2.05) is 6.92 Å². The smallest absolute Gasteiger partial charge is 0.201 e. The Labute approximate surface area is 204 Å². The molecule has 35 heavy (non-hydrogen) atoms. The van der Waals surface area contributed by atoms with Crippen LogP contribution in [0.15, 0.2) is 54.6 Å². The highest BCUT2D eigenvalue weighted by Gasteiger charge is 2.24. The second kappa shape index (κ2) is 11.7. The zero-order valence-electron chi connectivity index (χ0n) is 20.2. The second-order valence-corrected chi connectivity index (χ2v) is 8.91. The van der Waals surface area contributed by atoms with Gasteiger partial charge in [-0.05, 0) is 42.2 Å². The van der Waals surface area contributed by atoms with Crippen LogP contribution in [0.5, 0.6) is 5.75 Å². The van der Waals surface area contributed by atoms with Crippen molar-refractivity contribution in [3.63, 3.8) is 0 Å². The first-order valence-electron chi connectivity index (χ1n) is 12.3. The monoisotopic (exact) mass is 484 g/mol. The molecule has 0 N–H and O–H groups in total. The Balaban J connectivity index is 1.48. The first kappa shape index (κ1) is 25.3. The van der Waals surface area contributed by atoms with Crippen molar-refractivity contribution in [1.29, 1.82) is 0 Å². The van der Waals surface area contributed by atoms with Crippen molar-refractivity contribution in [3.05, 3.63) is 77.6 Å². The minimum atomic E-state index is -1.00. The molecule has 0 aliphatic carbocycles. The van der Waals surface area contributed by atoms with Crippen molar-refractivity contribution in [2.75, 3.05) is 19.8 Å². The molecule has 1 saturated heterocycles. The molecule has 3 aromatic rings. The molecule has 0 radical (unpaired) electrons. The van der Waals surface area contributed by atoms with Gasteiger partial charge in [0.05, 0.1) is 19.8 Å². The number of benzene rings is 3. The highest BCUT2D eigenvalue weighted by molar-refractivity contribution is 5.71. The first-order chi connectivity index (χ1) is 17.0. The molecule has 186 valence electrons. The van der Waals surface area contributed by atoms with Gasteiger partial charge in [0.2, 0.25) is 5.82 Å². The van der Waals surface area contributed by atoms with Crippen molar-refractivity contribution in [2.45, 2.75) is 45.8 Å². The lowest BCUT2D eigenvalue weighted by atomic mass is 9.98. The molecule has 0 unspecified atom stereocenters. The van der Waals surface area contributed by atoms with Crippen molar-refractivity contribution in [1.82, 2.24) is 0 Å². The van der Waals surface area contributed by atoms with Crippen molar-refractivity contribution in [2.24, 2.45) is 5.92 Å². The summed E-state index contributed by atoms with van der Waals surface area (Å²) in [7, 11) is 0. The third-order valence-corrected chi connectivity index (χ3v) is 6.24. The maximum absolute atomic E-state index is 15.0. The van der Waals surface area contributed by atoms with E-state index in [2.05, 4.69) is 6.92 Å². The van der Waals surface area contributed by atoms with E-state index in [1.165, 1.54) is 18.2 Å². The van der Waals surface area contributed by atoms with Crippen LogP contribution in [0.2, 0.25) is 0 Å². The molecule has 0 atom stereocenters. The summed E-state index contributed by atoms with van der Waals surface area (Å²) in [6, 6.07) is 14.5. The topological polar surface area (TPSA) is 27.7 Å². The molecular weight excluding hydrogens is 453 g/mol. The quantitative estimate of drug-likeness (QED) is 0.287. The Morgan fingerprint density at radius 3 is 2.09 bits per heavy atom. The van der Waals surface area contributed by atoms with Crippen molar-refractivity contribution in [3.8, 4) is 28.0 Å². The normalized spacial score (nSPS) is 18.0. The van der Waals surface area contributed by atoms with E-state index in [-0.39, 0.29) is 11.3 Å². The van der Waals surface area contributed by atoms with Crippen LogP contribution in [0.3, 0.4) is 0 Å². The lowest BCUT2D eigenvalue weighted by Crippen LogP contribution is -2.27. The van der Waals surface area contributed by atoms with E-state index >= 15 is 0 Å². The van der Waals surface area contributed by atoms with Crippen LogP contribution >= 0.6 is 0 Å². The molecule has 6 heteroatoms. The Bertz CT molecular complexity index is 1120. The molecule has 0 spiro atoms. The highest BCUT2D eigenvalue weighted by atomic mass is 19.2. The average molecular weight is 485 g/mol. The van der Waals surface area contributed by atoms with Gasteiger partial charge in [0.1, 0.15) is 5.82 Å². The third-order valence-electron chi connectivity index (χ3n) is 6.24. The molecule has 1 fully saturated rings. The van der Waals surface area contributed by atoms with Crippen molar-refractivity contribution < 1.29 is 27.4 Å². The number of halogens is 3. The highest BCUT2D eigenvalue weighted by Crippen LogP contribution is 2.34. The lowest BCUT2D eigenvalue weighted by Gasteiger charge is -2.29. The van der Waals surface area contributed by atoms with Gasteiger partial charge in [-0.15, -0.1) is 0 Å². The van der Waals surface area contributed by atoms with E-state index in [4.69, 9.17) is 14.2 Å². The maximum atomic E-state index is 15.0. The average Bonchev–Trinajstić information content (AvgIpc) is 2.88. The molecule has 0 aromatic heterocycles. The van der Waals surface area contributed by atoms with Crippen LogP contribution in [-0.2, 0) is 9.47 Å². The van der Waals surface area contributed by atoms with Gasteiger partial charge >= 0.3 is 0 Å². The fourth-order valence-electron chi connectivity index (χ4n) is 4.24. The van der Waals surface area contributed by atoms with Gasteiger partial charge in [0, 0.05) is 22.6 Å². The third kappa shape index (κ3) is 5.88. The van der Waals surface area contributed by atoms with Gasteiger partial charge in [-0.2, -0.15) is 4.39 Å². The van der Waals surface area contributed by atoms with Crippen LogP contribution in [0, 0.1) is 23.4 Å². The SMILES string of the molecule is CCCCOc1ccc(-c2ccc(-c3ccc(C4OCC(CCC)CO4)cc3F)cc2)c(F)c1F. The minimum Gasteiger partial charge on any atom is -0.490 e. The zero-order chi connectivity index (χ0) is 24.8. The molecule has 1 aliphatic heterocycles. The summed E-state index contributed by atoms with van der Waals surface area (Å²) in [5.41, 5.74) is 2.29. The summed E-state index contributed by atoms with van der Waals surface area (Å²) in [6.45, 7) is 5.67. The van der Waals surface area contributed by atoms with Gasteiger partial charge in [-0.3, -0.25) is 0 Å². The van der Waals surface area contributed by atoms with Gasteiger partial charge in [-0.25, -0.2) is 8.78 Å². The van der Waals surface area contributed by atoms with Crippen molar-refractivity contribution >= 4 is 0 Å². The Kier molecular flexibility index (Phi) is 8.47. The number of rotatable bonds is 9. The van der Waals surface area contributed by atoms with Gasteiger partial charge in [-0.1, -0.05) is 63.1 Å². The molecule has 1 heterocycles. The Hall–Kier alpha value is -2.83. The predicted molar refractivity (Wildman–Crippen MR) is 131 cm³/mol. The maximum Gasteiger partial charge on any atom is 0.201 e. The molecule has 0 amide bonds. The number of hydrogen-bond donors (Lipinski definition) is 0. The molecule has 4 rings (SSSR count). The number of ether oxygens (including phenoxy) is 3. The summed E-state index contributed by atoms with van der Waals surface area (Å²) in [5.74, 6) is -2.08. The predicted octanol–water partition coefficient (Wildman–Crippen LogP) is 8.08. The second-order valence-electron chi connectivity index (χ2n) is 8.91. The first-order valence-corrected chi connectivity index (χ1v) is 12.3. The molecular formula is C29H31F3O3. The van der Waals surface area contributed by atoms with E-state index in [1.54, 1.807) is 36.4 Å². The van der Waals surface area contributed by atoms with E-state index in [0.29, 0.717) is 48.0 Å². The molecule has 3 nitrogen and oxygen atoms in total. The van der Waals surface area contributed by atoms with Crippen LogP contribution in [0.25, 0.3) is 22.3 Å². The van der Waals surface area contributed by atoms with Crippen LogP contribution in [0.4, 0.5) is 13.2 Å². The Morgan fingerprint density at radius 2 is 1.46 bits per heavy atom. The molecule has 0 bridgehead atoms. The number of unbranched alkanes of at least 4 members (excludes halogenated alkanes) is 1. The van der Waals surface area contributed by atoms with Crippen LogP contribution < -0.4 is 4.74 Å². The summed E-state index contributed by atoms with van der Waals surface area (Å²) in [4.78, 5) is 0. The fraction of sp³-hybridized carbons (Fsp3) is 0.379. The van der Waals surface area contributed by atoms with E-state index < -0.39 is 23.7 Å². The summed E-state index contributed by atoms with van der Waals surface area (Å²) >= 11 is 0. The lowest BCUT2D eigenvalue weighted by molar-refractivity contribution is -0.206. The number of hydrogen-bond acceptors (Lipinski definition) is 3. The molecule has 3 aromatic carbocycles. The summed E-state index contributed by atoms with van der Waals surface area (Å²) < 4.78 is 61.0. The van der Waals surface area contributed by atoms with Crippen LogP contribution in [-0.4, -0.2) is 19.8 Å². The van der Waals surface area contributed by atoms with Gasteiger partial charge < -0.3 is 14.2 Å². The minimum absolute atomic E-state index is 0.0923. The Morgan fingerprint density at radius 1 is 0.800 bits per heavy atom. The van der Waals surface area contributed by atoms with Gasteiger partial charge in [0.25, 0.3) is 0 Å². The van der Waals surface area contributed by atoms with E-state index in [9.17, 15) is 13.2 Å². The fourth-order valence-corrected chi connectivity index (χ4v) is 4.24. The summed E-state index contributed by atoms with van der Waals surface area (Å²) in [5, 5.41) is 0. The zero-order valence-corrected chi connectivity index (χ0v) is 20.2. The standard InChI is InChI=1S/C29H31F3O3/c1-3-5-15-33-26-14-13-24(27(31)28(26)32)21-9-7-20(8-10-21)23-12-11-22(16-25(23)30)29-34-17-19(6-4-2)18-35-29/h7-14,16,19,29H,3-6,15,17-18H2,1-2H3. The van der Waals surface area contributed by atoms with E-state index in [0.717, 1.165) is 25.7 Å². The van der Waals surface area contributed by atoms with Crippen LogP contribution in [0.1, 0.15) is 51.4 Å². The van der Waals surface area contributed by atoms with Gasteiger partial charge in [0.15, 0.2) is 17.9 Å².